The van der Waals surface area contributed by atoms with Crippen molar-refractivity contribution in [3.05, 3.63) is 29.8 Å². The van der Waals surface area contributed by atoms with Crippen LogP contribution in [-0.4, -0.2) is 30.8 Å². The Morgan fingerprint density at radius 1 is 1.39 bits per heavy atom. The van der Waals surface area contributed by atoms with Gasteiger partial charge in [-0.25, -0.2) is 8.42 Å². The van der Waals surface area contributed by atoms with E-state index in [2.05, 4.69) is 0 Å². The van der Waals surface area contributed by atoms with Crippen molar-refractivity contribution in [2.24, 2.45) is 5.73 Å². The Hall–Kier alpha value is -0.980. The fourth-order valence-electron chi connectivity index (χ4n) is 1.45. The van der Waals surface area contributed by atoms with E-state index in [1.165, 1.54) is 16.4 Å². The molecule has 0 aromatic heterocycles. The van der Waals surface area contributed by atoms with Gasteiger partial charge in [0.05, 0.1) is 4.90 Å². The van der Waals surface area contributed by atoms with Crippen molar-refractivity contribution in [1.29, 1.82) is 0 Å². The standard InChI is InChI=1S/C12H18N2O2S2/c1-4-9(2)14(3)18(15,16)11-7-5-10(6-8-11)12(13)17/h5-9H,4H2,1-3H3,(H2,13,17). The average molecular weight is 286 g/mol. The molecule has 0 aliphatic heterocycles. The first-order chi connectivity index (χ1) is 8.30. The third kappa shape index (κ3) is 3.07. The first-order valence-electron chi connectivity index (χ1n) is 5.68. The molecule has 0 aliphatic carbocycles. The lowest BCUT2D eigenvalue weighted by atomic mass is 10.2. The van der Waals surface area contributed by atoms with Gasteiger partial charge in [0.25, 0.3) is 0 Å². The lowest BCUT2D eigenvalue weighted by molar-refractivity contribution is 0.380. The zero-order valence-corrected chi connectivity index (χ0v) is 12.4. The summed E-state index contributed by atoms with van der Waals surface area (Å²) in [6.45, 7) is 3.83. The Morgan fingerprint density at radius 3 is 2.28 bits per heavy atom. The summed E-state index contributed by atoms with van der Waals surface area (Å²) in [6.07, 6.45) is 0.765. The molecule has 0 saturated carbocycles. The van der Waals surface area contributed by atoms with E-state index >= 15 is 0 Å². The number of hydrogen-bond donors (Lipinski definition) is 1. The monoisotopic (exact) mass is 286 g/mol. The van der Waals surface area contributed by atoms with E-state index in [0.717, 1.165) is 6.42 Å². The van der Waals surface area contributed by atoms with E-state index in [0.29, 0.717) is 5.56 Å². The second-order valence-corrected chi connectivity index (χ2v) is 6.60. The van der Waals surface area contributed by atoms with Crippen molar-refractivity contribution < 1.29 is 8.42 Å². The fraction of sp³-hybridized carbons (Fsp3) is 0.417. The summed E-state index contributed by atoms with van der Waals surface area (Å²) in [5.74, 6) is 0. The average Bonchev–Trinajstić information content (AvgIpc) is 2.36. The second kappa shape index (κ2) is 5.77. The van der Waals surface area contributed by atoms with Gasteiger partial charge in [-0.1, -0.05) is 31.3 Å². The number of nitrogens with two attached hydrogens (primary N) is 1. The van der Waals surface area contributed by atoms with Crippen molar-refractivity contribution in [2.45, 2.75) is 31.2 Å². The summed E-state index contributed by atoms with van der Waals surface area (Å²) < 4.78 is 25.9. The van der Waals surface area contributed by atoms with E-state index in [1.807, 2.05) is 13.8 Å². The molecule has 1 unspecified atom stereocenters. The third-order valence-corrected chi connectivity index (χ3v) is 5.25. The van der Waals surface area contributed by atoms with E-state index in [9.17, 15) is 8.42 Å². The predicted octanol–water partition coefficient (Wildman–Crippen LogP) is 1.74. The van der Waals surface area contributed by atoms with Crippen LogP contribution in [-0.2, 0) is 10.0 Å². The number of rotatable bonds is 5. The van der Waals surface area contributed by atoms with E-state index in [1.54, 1.807) is 19.2 Å². The molecule has 0 heterocycles. The molecule has 2 N–H and O–H groups in total. The molecule has 1 aromatic rings. The van der Waals surface area contributed by atoms with Crippen LogP contribution in [0.2, 0.25) is 0 Å². The molecule has 4 nitrogen and oxygen atoms in total. The van der Waals surface area contributed by atoms with Crippen molar-refractivity contribution in [3.8, 4) is 0 Å². The Labute approximate surface area is 114 Å². The molecule has 0 aliphatic rings. The van der Waals surface area contributed by atoms with Gasteiger partial charge >= 0.3 is 0 Å². The molecule has 18 heavy (non-hydrogen) atoms. The SMILES string of the molecule is CCC(C)N(C)S(=O)(=O)c1ccc(C(N)=S)cc1. The van der Waals surface area contributed by atoms with Crippen LogP contribution in [0.3, 0.4) is 0 Å². The van der Waals surface area contributed by atoms with Crippen LogP contribution in [0.5, 0.6) is 0 Å². The topological polar surface area (TPSA) is 63.4 Å². The Balaban J connectivity index is 3.09. The largest absolute Gasteiger partial charge is 0.389 e. The smallest absolute Gasteiger partial charge is 0.243 e. The van der Waals surface area contributed by atoms with Gasteiger partial charge in [-0.3, -0.25) is 0 Å². The number of sulfonamides is 1. The van der Waals surface area contributed by atoms with Gasteiger partial charge in [0.1, 0.15) is 4.99 Å². The maximum absolute atomic E-state index is 12.3. The molecule has 0 amide bonds. The molecule has 1 aromatic carbocycles. The van der Waals surface area contributed by atoms with Crippen molar-refractivity contribution in [3.63, 3.8) is 0 Å². The lowest BCUT2D eigenvalue weighted by Gasteiger charge is -2.23. The van der Waals surface area contributed by atoms with Crippen molar-refractivity contribution in [1.82, 2.24) is 4.31 Å². The molecular weight excluding hydrogens is 268 g/mol. The van der Waals surface area contributed by atoms with Gasteiger partial charge in [0, 0.05) is 18.7 Å². The molecule has 6 heteroatoms. The minimum atomic E-state index is -3.44. The third-order valence-electron chi connectivity index (χ3n) is 3.03. The molecule has 0 spiro atoms. The summed E-state index contributed by atoms with van der Waals surface area (Å²) in [7, 11) is -1.86. The zero-order valence-electron chi connectivity index (χ0n) is 10.8. The molecule has 0 fully saturated rings. The van der Waals surface area contributed by atoms with Gasteiger partial charge in [-0.05, 0) is 25.5 Å². The molecule has 1 atom stereocenters. The highest BCUT2D eigenvalue weighted by Crippen LogP contribution is 2.18. The first-order valence-corrected chi connectivity index (χ1v) is 7.53. The lowest BCUT2D eigenvalue weighted by Crippen LogP contribution is -2.34. The second-order valence-electron chi connectivity index (χ2n) is 4.17. The van der Waals surface area contributed by atoms with Crippen LogP contribution in [0.25, 0.3) is 0 Å². The van der Waals surface area contributed by atoms with Crippen LogP contribution in [0.15, 0.2) is 29.2 Å². The van der Waals surface area contributed by atoms with Gasteiger partial charge in [-0.15, -0.1) is 0 Å². The summed E-state index contributed by atoms with van der Waals surface area (Å²) in [4.78, 5) is 0.513. The van der Waals surface area contributed by atoms with Gasteiger partial charge in [0.2, 0.25) is 10.0 Å². The maximum atomic E-state index is 12.3. The number of benzene rings is 1. The summed E-state index contributed by atoms with van der Waals surface area (Å²) in [6, 6.07) is 6.27. The molecule has 0 radical (unpaired) electrons. The quantitative estimate of drug-likeness (QED) is 0.838. The summed E-state index contributed by atoms with van der Waals surface area (Å²) in [5.41, 5.74) is 6.14. The first kappa shape index (κ1) is 15.1. The highest BCUT2D eigenvalue weighted by Gasteiger charge is 2.24. The van der Waals surface area contributed by atoms with Crippen molar-refractivity contribution >= 4 is 27.2 Å². The van der Waals surface area contributed by atoms with E-state index in [-0.39, 0.29) is 15.9 Å². The van der Waals surface area contributed by atoms with Crippen LogP contribution in [0.1, 0.15) is 25.8 Å². The number of thiocarbonyl (C=S) groups is 1. The van der Waals surface area contributed by atoms with Crippen LogP contribution < -0.4 is 5.73 Å². The Morgan fingerprint density at radius 2 is 1.89 bits per heavy atom. The zero-order chi connectivity index (χ0) is 13.9. The van der Waals surface area contributed by atoms with Crippen molar-refractivity contribution in [2.75, 3.05) is 7.05 Å². The molecule has 0 bridgehead atoms. The molecular formula is C12H18N2O2S2. The molecule has 0 saturated heterocycles. The highest BCUT2D eigenvalue weighted by atomic mass is 32.2. The van der Waals surface area contributed by atoms with Gasteiger partial charge in [0.15, 0.2) is 0 Å². The summed E-state index contributed by atoms with van der Waals surface area (Å²) in [5, 5.41) is 0. The van der Waals surface area contributed by atoms with Crippen LogP contribution >= 0.6 is 12.2 Å². The normalized spacial score (nSPS) is 13.6. The fourth-order valence-corrected chi connectivity index (χ4v) is 3.02. The van der Waals surface area contributed by atoms with Gasteiger partial charge < -0.3 is 5.73 Å². The highest BCUT2D eigenvalue weighted by molar-refractivity contribution is 7.89. The molecule has 1 rings (SSSR count). The summed E-state index contributed by atoms with van der Waals surface area (Å²) >= 11 is 4.83. The van der Waals surface area contributed by atoms with E-state index < -0.39 is 10.0 Å². The Bertz CT molecular complexity index is 524. The van der Waals surface area contributed by atoms with Gasteiger partial charge in [-0.2, -0.15) is 4.31 Å². The van der Waals surface area contributed by atoms with E-state index in [4.69, 9.17) is 18.0 Å². The maximum Gasteiger partial charge on any atom is 0.243 e. The number of nitrogens with zero attached hydrogens (tertiary/aromatic N) is 1. The molecule has 100 valence electrons. The minimum absolute atomic E-state index is 0.0368. The van der Waals surface area contributed by atoms with Crippen LogP contribution in [0.4, 0.5) is 0 Å². The number of hydrogen-bond acceptors (Lipinski definition) is 3. The Kier molecular flexibility index (Phi) is 4.84. The minimum Gasteiger partial charge on any atom is -0.389 e. The van der Waals surface area contributed by atoms with Crippen LogP contribution in [0, 0.1) is 0 Å². The predicted molar refractivity (Wildman–Crippen MR) is 77.0 cm³/mol.